The Morgan fingerprint density at radius 1 is 1.30 bits per heavy atom. The van der Waals surface area contributed by atoms with Crippen LogP contribution in [0.3, 0.4) is 0 Å². The van der Waals surface area contributed by atoms with E-state index in [4.69, 9.17) is 5.73 Å². The molecule has 3 aliphatic rings. The van der Waals surface area contributed by atoms with Crippen LogP contribution in [0, 0.1) is 0 Å². The summed E-state index contributed by atoms with van der Waals surface area (Å²) in [6, 6.07) is 9.17. The number of hydrogen-bond acceptors (Lipinski definition) is 5. The zero-order chi connectivity index (χ0) is 21.0. The summed E-state index contributed by atoms with van der Waals surface area (Å²) < 4.78 is 28.1. The number of alkyl halides is 2. The summed E-state index contributed by atoms with van der Waals surface area (Å²) in [5.74, 6) is -3.00. The van der Waals surface area contributed by atoms with Crippen LogP contribution in [0.5, 0.6) is 0 Å². The Hall–Kier alpha value is -3.03. The average molecular weight is 411 g/mol. The monoisotopic (exact) mass is 411 g/mol. The number of amides is 1. The number of hydrogen-bond donors (Lipinski definition) is 1. The lowest BCUT2D eigenvalue weighted by molar-refractivity contribution is 0.0165. The molecule has 156 valence electrons. The zero-order valence-electron chi connectivity index (χ0n) is 16.7. The van der Waals surface area contributed by atoms with E-state index in [1.54, 1.807) is 18.0 Å². The normalized spacial score (nSPS) is 23.8. The number of nitrogens with two attached hydrogens (primary N) is 1. The van der Waals surface area contributed by atoms with Gasteiger partial charge >= 0.3 is 0 Å². The van der Waals surface area contributed by atoms with Crippen LogP contribution in [0.4, 0.5) is 14.5 Å². The van der Waals surface area contributed by atoms with E-state index in [0.29, 0.717) is 11.3 Å². The molecule has 1 aliphatic carbocycles. The number of rotatable bonds is 2. The molecule has 1 saturated heterocycles. The Balaban J connectivity index is 1.47. The van der Waals surface area contributed by atoms with Crippen molar-refractivity contribution in [1.29, 1.82) is 0 Å². The van der Waals surface area contributed by atoms with Gasteiger partial charge in [-0.05, 0) is 36.5 Å². The van der Waals surface area contributed by atoms with Crippen molar-refractivity contribution in [3.05, 3.63) is 58.9 Å². The molecule has 3 heterocycles. The largest absolute Gasteiger partial charge is 0.369 e. The minimum absolute atomic E-state index is 0.0266. The van der Waals surface area contributed by atoms with E-state index in [0.717, 1.165) is 24.8 Å². The van der Waals surface area contributed by atoms with Crippen LogP contribution in [0.15, 0.2) is 41.5 Å². The van der Waals surface area contributed by atoms with Crippen molar-refractivity contribution in [1.82, 2.24) is 14.8 Å². The topological polar surface area (TPSA) is 74.8 Å². The quantitative estimate of drug-likeness (QED) is 0.820. The lowest BCUT2D eigenvalue weighted by Gasteiger charge is -2.33. The highest BCUT2D eigenvalue weighted by atomic mass is 19.3. The third kappa shape index (κ3) is 3.02. The second kappa shape index (κ2) is 6.75. The van der Waals surface area contributed by atoms with Gasteiger partial charge in [-0.25, -0.2) is 18.8 Å². The van der Waals surface area contributed by atoms with E-state index in [2.05, 4.69) is 22.1 Å². The van der Waals surface area contributed by atoms with E-state index in [-0.39, 0.29) is 30.0 Å². The summed E-state index contributed by atoms with van der Waals surface area (Å²) in [5.41, 5.74) is 9.59. The summed E-state index contributed by atoms with van der Waals surface area (Å²) >= 11 is 0. The number of aromatic nitrogens is 1. The number of halogens is 2. The van der Waals surface area contributed by atoms with E-state index in [1.807, 2.05) is 12.1 Å². The highest BCUT2D eigenvalue weighted by Gasteiger charge is 2.48. The predicted octanol–water partition coefficient (Wildman–Crippen LogP) is 3.57. The third-order valence-electron chi connectivity index (χ3n) is 6.42. The molecule has 30 heavy (non-hydrogen) atoms. The SMILES string of the molecule is CN(C(=O)c1cc2c(cn1)N=C(N)N1CC(F)(F)C[C@H]21)[C@@H]1CCCc2ccccc21. The number of carbonyl (C=O) groups is 1. The van der Waals surface area contributed by atoms with Gasteiger partial charge in [0.25, 0.3) is 11.8 Å². The Labute approximate surface area is 173 Å². The van der Waals surface area contributed by atoms with E-state index in [9.17, 15) is 13.6 Å². The maximum absolute atomic E-state index is 14.0. The van der Waals surface area contributed by atoms with Gasteiger partial charge in [-0.3, -0.25) is 4.79 Å². The maximum atomic E-state index is 14.0. The molecule has 1 aromatic carbocycles. The first-order chi connectivity index (χ1) is 14.3. The summed E-state index contributed by atoms with van der Waals surface area (Å²) in [6.45, 7) is -0.462. The number of guanidine groups is 1. The average Bonchev–Trinajstić information content (AvgIpc) is 3.08. The minimum atomic E-state index is -2.84. The second-order valence-corrected chi connectivity index (χ2v) is 8.33. The maximum Gasteiger partial charge on any atom is 0.272 e. The van der Waals surface area contributed by atoms with Gasteiger partial charge in [-0.1, -0.05) is 24.3 Å². The van der Waals surface area contributed by atoms with Crippen LogP contribution in [-0.4, -0.2) is 46.2 Å². The van der Waals surface area contributed by atoms with E-state index < -0.39 is 18.5 Å². The number of benzene rings is 1. The summed E-state index contributed by atoms with van der Waals surface area (Å²) in [7, 11) is 1.78. The molecule has 6 nitrogen and oxygen atoms in total. The fourth-order valence-electron chi connectivity index (χ4n) is 4.92. The first kappa shape index (κ1) is 19.0. The fourth-order valence-corrected chi connectivity index (χ4v) is 4.92. The van der Waals surface area contributed by atoms with Crippen molar-refractivity contribution in [3.63, 3.8) is 0 Å². The van der Waals surface area contributed by atoms with Crippen LogP contribution in [0.1, 0.15) is 58.5 Å². The van der Waals surface area contributed by atoms with Crippen molar-refractivity contribution >= 4 is 17.6 Å². The molecular formula is C22H23F2N5O. The highest BCUT2D eigenvalue weighted by molar-refractivity contribution is 5.93. The number of pyridine rings is 1. The molecule has 0 radical (unpaired) electrons. The van der Waals surface area contributed by atoms with Crippen LogP contribution < -0.4 is 5.73 Å². The number of carbonyl (C=O) groups excluding carboxylic acids is 1. The van der Waals surface area contributed by atoms with Crippen LogP contribution >= 0.6 is 0 Å². The van der Waals surface area contributed by atoms with Gasteiger partial charge in [0, 0.05) is 19.0 Å². The number of fused-ring (bicyclic) bond motifs is 4. The molecule has 0 unspecified atom stereocenters. The molecular weight excluding hydrogens is 388 g/mol. The Morgan fingerprint density at radius 3 is 2.93 bits per heavy atom. The first-order valence-electron chi connectivity index (χ1n) is 10.2. The Morgan fingerprint density at radius 2 is 2.10 bits per heavy atom. The first-order valence-corrected chi connectivity index (χ1v) is 10.2. The Bertz CT molecular complexity index is 1050. The van der Waals surface area contributed by atoms with Gasteiger partial charge in [0.05, 0.1) is 30.5 Å². The van der Waals surface area contributed by atoms with Crippen molar-refractivity contribution in [3.8, 4) is 0 Å². The summed E-state index contributed by atoms with van der Waals surface area (Å²) in [5, 5.41) is 0. The van der Waals surface area contributed by atoms with Gasteiger partial charge in [0.2, 0.25) is 0 Å². The number of nitrogens with zero attached hydrogens (tertiary/aromatic N) is 4. The van der Waals surface area contributed by atoms with Crippen molar-refractivity contribution in [2.75, 3.05) is 13.6 Å². The molecule has 0 bridgehead atoms. The summed E-state index contributed by atoms with van der Waals surface area (Å²) in [6.07, 6.45) is 4.02. The third-order valence-corrected chi connectivity index (χ3v) is 6.42. The molecule has 1 aromatic heterocycles. The molecule has 1 fully saturated rings. The van der Waals surface area contributed by atoms with Gasteiger partial charge in [-0.15, -0.1) is 0 Å². The number of aryl methyl sites for hydroxylation is 1. The van der Waals surface area contributed by atoms with Crippen LogP contribution in [0.25, 0.3) is 0 Å². The van der Waals surface area contributed by atoms with Gasteiger partial charge < -0.3 is 15.5 Å². The molecule has 2 aromatic rings. The molecule has 8 heteroatoms. The van der Waals surface area contributed by atoms with Crippen molar-refractivity contribution in [2.24, 2.45) is 10.7 Å². The van der Waals surface area contributed by atoms with E-state index >= 15 is 0 Å². The fraction of sp³-hybridized carbons (Fsp3) is 0.409. The molecule has 0 spiro atoms. The lowest BCUT2D eigenvalue weighted by atomic mass is 9.87. The molecule has 2 N–H and O–H groups in total. The van der Waals surface area contributed by atoms with Crippen molar-refractivity contribution < 1.29 is 13.6 Å². The molecule has 2 aliphatic heterocycles. The number of aliphatic imine (C=N–C) groups is 1. The van der Waals surface area contributed by atoms with Gasteiger partial charge in [0.1, 0.15) is 5.69 Å². The zero-order valence-corrected chi connectivity index (χ0v) is 16.7. The molecule has 5 rings (SSSR count). The van der Waals surface area contributed by atoms with Crippen LogP contribution in [0.2, 0.25) is 0 Å². The lowest BCUT2D eigenvalue weighted by Crippen LogP contribution is -2.40. The smallest absolute Gasteiger partial charge is 0.272 e. The minimum Gasteiger partial charge on any atom is -0.369 e. The highest BCUT2D eigenvalue weighted by Crippen LogP contribution is 2.46. The van der Waals surface area contributed by atoms with Gasteiger partial charge in [-0.2, -0.15) is 0 Å². The molecule has 0 saturated carbocycles. The molecule has 2 atom stereocenters. The summed E-state index contributed by atoms with van der Waals surface area (Å²) in [4.78, 5) is 24.9. The predicted molar refractivity (Wildman–Crippen MR) is 109 cm³/mol. The Kier molecular flexibility index (Phi) is 4.27. The van der Waals surface area contributed by atoms with Crippen molar-refractivity contribution in [2.45, 2.75) is 43.7 Å². The standard InChI is InChI=1S/C22H23F2N5O/c1-28(18-8-4-6-13-5-2-3-7-14(13)18)20(30)16-9-15-17(11-26-16)27-21(25)29-12-22(23,24)10-19(15)29/h2-3,5,7,9,11,18-19H,4,6,8,10,12H2,1H3,(H2,25,27)/t18-,19-/m1/s1. The van der Waals surface area contributed by atoms with Gasteiger partial charge in [0.15, 0.2) is 5.96 Å². The van der Waals surface area contributed by atoms with Crippen LogP contribution in [-0.2, 0) is 6.42 Å². The van der Waals surface area contributed by atoms with E-state index in [1.165, 1.54) is 16.7 Å². The molecule has 1 amide bonds. The second-order valence-electron chi connectivity index (χ2n) is 8.33.